The first-order chi connectivity index (χ1) is 11.7. The van der Waals surface area contributed by atoms with E-state index in [1.165, 1.54) is 0 Å². The molecule has 1 saturated heterocycles. The molecule has 1 fully saturated rings. The molecule has 3 rings (SSSR count). The molecule has 1 N–H and O–H groups in total. The van der Waals surface area contributed by atoms with E-state index in [1.54, 1.807) is 18.5 Å². The van der Waals surface area contributed by atoms with Gasteiger partial charge < -0.3 is 4.74 Å². The molecule has 0 saturated carbocycles. The van der Waals surface area contributed by atoms with E-state index in [0.717, 1.165) is 10.6 Å². The van der Waals surface area contributed by atoms with Crippen LogP contribution in [0.25, 0.3) is 11.3 Å². The van der Waals surface area contributed by atoms with Gasteiger partial charge in [0.1, 0.15) is 11.8 Å². The zero-order chi connectivity index (χ0) is 18.2. The fraction of sp³-hybridized carbons (Fsp3) is 0.500. The summed E-state index contributed by atoms with van der Waals surface area (Å²) in [6.07, 6.45) is 4.02. The average Bonchev–Trinajstić information content (AvgIpc) is 3.03. The number of carbonyl (C=O) groups is 1. The van der Waals surface area contributed by atoms with Gasteiger partial charge in [-0.05, 0) is 45.9 Å². The maximum atomic E-state index is 12.5. The summed E-state index contributed by atoms with van der Waals surface area (Å²) >= 11 is 0. The van der Waals surface area contributed by atoms with Crippen LogP contribution in [0.3, 0.4) is 0 Å². The van der Waals surface area contributed by atoms with Crippen LogP contribution in [-0.4, -0.2) is 43.4 Å². The minimum atomic E-state index is -0.580. The molecule has 7 heteroatoms. The van der Waals surface area contributed by atoms with Crippen molar-refractivity contribution in [1.82, 2.24) is 20.2 Å². The summed E-state index contributed by atoms with van der Waals surface area (Å²) in [6.45, 7) is 7.50. The molecule has 0 amide bonds. The Labute approximate surface area is 147 Å². The van der Waals surface area contributed by atoms with Gasteiger partial charge in [0.15, 0.2) is 0 Å². The van der Waals surface area contributed by atoms with Crippen molar-refractivity contribution in [3.05, 3.63) is 36.3 Å². The van der Waals surface area contributed by atoms with Gasteiger partial charge in [0.05, 0.1) is 5.69 Å². The lowest BCUT2D eigenvalue weighted by atomic mass is 9.80. The Bertz CT molecular complexity index is 737. The van der Waals surface area contributed by atoms with E-state index in [1.807, 2.05) is 39.8 Å². The number of carbonyl (C=O) groups excluding carboxylic acids is 1. The minimum Gasteiger partial charge on any atom is -0.458 e. The van der Waals surface area contributed by atoms with Crippen molar-refractivity contribution in [3.63, 3.8) is 0 Å². The van der Waals surface area contributed by atoms with Gasteiger partial charge in [-0.25, -0.2) is 4.79 Å². The van der Waals surface area contributed by atoms with Crippen LogP contribution in [0.2, 0.25) is 0 Å². The van der Waals surface area contributed by atoms with Crippen LogP contribution in [0.4, 0.5) is 0 Å². The maximum Gasteiger partial charge on any atom is 0.356 e. The summed E-state index contributed by atoms with van der Waals surface area (Å²) in [5.74, 6) is -0.455. The monoisotopic (exact) mass is 343 g/mol. The quantitative estimate of drug-likeness (QED) is 0.865. The summed E-state index contributed by atoms with van der Waals surface area (Å²) in [6, 6.07) is 5.30. The molecule has 1 aliphatic heterocycles. The molecule has 1 aliphatic rings. The molecule has 2 aromatic rings. The van der Waals surface area contributed by atoms with Crippen LogP contribution in [-0.2, 0) is 9.94 Å². The van der Waals surface area contributed by atoms with Crippen LogP contribution in [0.1, 0.15) is 51.0 Å². The molecule has 0 aliphatic carbocycles. The highest BCUT2D eigenvalue weighted by Gasteiger charge is 2.47. The highest BCUT2D eigenvalue weighted by molar-refractivity contribution is 5.88. The van der Waals surface area contributed by atoms with Gasteiger partial charge >= 0.3 is 5.97 Å². The van der Waals surface area contributed by atoms with Crippen molar-refractivity contribution in [3.8, 4) is 11.3 Å². The lowest BCUT2D eigenvalue weighted by Crippen LogP contribution is -2.60. The van der Waals surface area contributed by atoms with E-state index in [0.29, 0.717) is 24.2 Å². The number of hydrogen-bond acceptors (Lipinski definition) is 5. The Morgan fingerprint density at radius 1 is 1.20 bits per heavy atom. The first-order valence-electron chi connectivity index (χ1n) is 8.33. The zero-order valence-corrected chi connectivity index (χ0v) is 14.9. The standard InChI is InChI=1S/C18H23N4O3/c1-17(2)10-13(11-18(3,4)22(17)24)25-16(23)15-9-14(20-21-15)12-5-7-19-8-6-12/h5-9,13H,10-11H2,1-4H3,(H,20,21). The van der Waals surface area contributed by atoms with Gasteiger partial charge in [-0.2, -0.15) is 5.10 Å². The third-order valence-corrected chi connectivity index (χ3v) is 4.60. The average molecular weight is 343 g/mol. The maximum absolute atomic E-state index is 12.5. The fourth-order valence-electron chi connectivity index (χ4n) is 3.57. The molecule has 0 atom stereocenters. The molecule has 1 radical (unpaired) electrons. The Hall–Kier alpha value is -2.25. The first-order valence-corrected chi connectivity index (χ1v) is 8.33. The van der Waals surface area contributed by atoms with Crippen LogP contribution in [0.5, 0.6) is 0 Å². The van der Waals surface area contributed by atoms with Crippen molar-refractivity contribution in [2.75, 3.05) is 0 Å². The minimum absolute atomic E-state index is 0.298. The number of ether oxygens (including phenoxy) is 1. The Kier molecular flexibility index (Phi) is 4.38. The van der Waals surface area contributed by atoms with Gasteiger partial charge in [-0.15, -0.1) is 10.3 Å². The summed E-state index contributed by atoms with van der Waals surface area (Å²) in [5.41, 5.74) is 0.662. The van der Waals surface area contributed by atoms with Crippen molar-refractivity contribution in [1.29, 1.82) is 0 Å². The van der Waals surface area contributed by atoms with E-state index in [-0.39, 0.29) is 6.10 Å². The Morgan fingerprint density at radius 2 is 1.80 bits per heavy atom. The number of rotatable bonds is 3. The summed E-state index contributed by atoms with van der Waals surface area (Å²) in [5, 5.41) is 20.4. The van der Waals surface area contributed by atoms with E-state index in [4.69, 9.17) is 4.74 Å². The molecule has 0 bridgehead atoms. The third-order valence-electron chi connectivity index (χ3n) is 4.60. The predicted molar refractivity (Wildman–Crippen MR) is 90.9 cm³/mol. The van der Waals surface area contributed by atoms with E-state index >= 15 is 0 Å². The molecular weight excluding hydrogens is 320 g/mol. The Balaban J connectivity index is 1.72. The van der Waals surface area contributed by atoms with Crippen molar-refractivity contribution in [2.45, 2.75) is 57.7 Å². The molecule has 25 heavy (non-hydrogen) atoms. The number of pyridine rings is 1. The topological polar surface area (TPSA) is 91.0 Å². The van der Waals surface area contributed by atoms with Crippen LogP contribution >= 0.6 is 0 Å². The lowest BCUT2D eigenvalue weighted by molar-refractivity contribution is -0.298. The van der Waals surface area contributed by atoms with Crippen molar-refractivity contribution in [2.24, 2.45) is 0 Å². The summed E-state index contributed by atoms with van der Waals surface area (Å²) < 4.78 is 5.66. The number of aromatic amines is 1. The number of esters is 1. The van der Waals surface area contributed by atoms with Gasteiger partial charge in [-0.3, -0.25) is 10.1 Å². The normalized spacial score (nSPS) is 20.4. The van der Waals surface area contributed by atoms with Gasteiger partial charge in [-0.1, -0.05) is 0 Å². The lowest BCUT2D eigenvalue weighted by Gasteiger charge is -2.49. The molecule has 0 spiro atoms. The van der Waals surface area contributed by atoms with E-state index < -0.39 is 17.0 Å². The van der Waals surface area contributed by atoms with Crippen LogP contribution in [0.15, 0.2) is 30.6 Å². The molecular formula is C18H23N4O3. The molecule has 2 aromatic heterocycles. The number of hydroxylamine groups is 2. The molecule has 0 unspecified atom stereocenters. The predicted octanol–water partition coefficient (Wildman–Crippen LogP) is 3.00. The van der Waals surface area contributed by atoms with Crippen LogP contribution < -0.4 is 0 Å². The number of H-pyrrole nitrogens is 1. The second kappa shape index (κ2) is 6.24. The smallest absolute Gasteiger partial charge is 0.356 e. The molecule has 0 aromatic carbocycles. The Morgan fingerprint density at radius 3 is 2.40 bits per heavy atom. The van der Waals surface area contributed by atoms with Crippen molar-refractivity contribution >= 4 is 5.97 Å². The molecule has 7 nitrogen and oxygen atoms in total. The van der Waals surface area contributed by atoms with E-state index in [9.17, 15) is 10.0 Å². The largest absolute Gasteiger partial charge is 0.458 e. The zero-order valence-electron chi connectivity index (χ0n) is 14.9. The van der Waals surface area contributed by atoms with Crippen LogP contribution in [0, 0.1) is 0 Å². The summed E-state index contributed by atoms with van der Waals surface area (Å²) in [4.78, 5) is 16.4. The van der Waals surface area contributed by atoms with E-state index in [2.05, 4.69) is 15.2 Å². The number of nitrogens with one attached hydrogen (secondary N) is 1. The van der Waals surface area contributed by atoms with Gasteiger partial charge in [0.2, 0.25) is 0 Å². The third kappa shape index (κ3) is 3.57. The summed E-state index contributed by atoms with van der Waals surface area (Å²) in [7, 11) is 0. The molecule has 133 valence electrons. The van der Waals surface area contributed by atoms with Crippen molar-refractivity contribution < 1.29 is 14.7 Å². The SMILES string of the molecule is CC1(C)CC(OC(=O)c2cc(-c3ccncc3)n[nH]2)CC(C)(C)N1[O]. The second-order valence-electron chi connectivity index (χ2n) is 7.76. The number of piperidine rings is 1. The highest BCUT2D eigenvalue weighted by atomic mass is 16.5. The number of nitrogens with zero attached hydrogens (tertiary/aromatic N) is 3. The number of aromatic nitrogens is 3. The fourth-order valence-corrected chi connectivity index (χ4v) is 3.57. The highest BCUT2D eigenvalue weighted by Crippen LogP contribution is 2.38. The van der Waals surface area contributed by atoms with Gasteiger partial charge in [0.25, 0.3) is 0 Å². The van der Waals surface area contributed by atoms with Gasteiger partial charge in [0, 0.05) is 41.9 Å². The number of hydrogen-bond donors (Lipinski definition) is 1. The second-order valence-corrected chi connectivity index (χ2v) is 7.76. The first kappa shape index (κ1) is 17.6. The molecule has 3 heterocycles.